The van der Waals surface area contributed by atoms with E-state index in [1.165, 1.54) is 13.8 Å². The largest absolute Gasteiger partial charge is 0.465 e. The molecular formula is C6H11ClO3S. The minimum absolute atomic E-state index is 0.274. The number of ether oxygens (including phenoxy) is 1. The molecule has 1 unspecified atom stereocenters. The van der Waals surface area contributed by atoms with Gasteiger partial charge in [0.25, 0.3) is 0 Å². The standard InChI is InChI=1S/C6H11ClO3S/c1-4-10-5(8)6(2,3)11(7)9/h4H2,1-3H3. The maximum Gasteiger partial charge on any atom is 0.325 e. The quantitative estimate of drug-likeness (QED) is 0.506. The zero-order valence-electron chi connectivity index (χ0n) is 6.72. The van der Waals surface area contributed by atoms with Gasteiger partial charge in [-0.05, 0) is 31.5 Å². The molecule has 0 aliphatic carbocycles. The van der Waals surface area contributed by atoms with Crippen LogP contribution in [0.4, 0.5) is 0 Å². The molecule has 0 spiro atoms. The predicted molar refractivity (Wildman–Crippen MR) is 44.7 cm³/mol. The Balaban J connectivity index is 4.30. The molecule has 0 aromatic rings. The van der Waals surface area contributed by atoms with E-state index in [0.29, 0.717) is 0 Å². The molecule has 66 valence electrons. The number of hydrogen-bond donors (Lipinski definition) is 0. The van der Waals surface area contributed by atoms with Crippen LogP contribution < -0.4 is 0 Å². The average molecular weight is 199 g/mol. The number of hydrogen-bond acceptors (Lipinski definition) is 3. The number of carbonyl (C=O) groups is 1. The number of carbonyl (C=O) groups excluding carboxylic acids is 1. The smallest absolute Gasteiger partial charge is 0.325 e. The lowest BCUT2D eigenvalue weighted by molar-refractivity contribution is -0.145. The van der Waals surface area contributed by atoms with Crippen molar-refractivity contribution in [2.45, 2.75) is 25.5 Å². The summed E-state index contributed by atoms with van der Waals surface area (Å²) in [6, 6.07) is 0. The molecule has 0 N–H and O–H groups in total. The summed E-state index contributed by atoms with van der Waals surface area (Å²) in [5.41, 5.74) is 0. The van der Waals surface area contributed by atoms with Gasteiger partial charge < -0.3 is 4.74 Å². The van der Waals surface area contributed by atoms with Crippen LogP contribution in [0, 0.1) is 0 Å². The molecule has 1 atom stereocenters. The van der Waals surface area contributed by atoms with E-state index in [0.717, 1.165) is 0 Å². The molecule has 0 bridgehead atoms. The summed E-state index contributed by atoms with van der Waals surface area (Å²) in [6.07, 6.45) is 0. The van der Waals surface area contributed by atoms with Crippen molar-refractivity contribution in [1.82, 2.24) is 0 Å². The molecule has 0 aromatic carbocycles. The fraction of sp³-hybridized carbons (Fsp3) is 0.833. The second kappa shape index (κ2) is 4.07. The van der Waals surface area contributed by atoms with Crippen LogP contribution in [0.3, 0.4) is 0 Å². The van der Waals surface area contributed by atoms with Crippen LogP contribution in [0.1, 0.15) is 20.8 Å². The molecule has 0 aliphatic rings. The molecule has 0 aromatic heterocycles. The average Bonchev–Trinajstić information content (AvgIpc) is 1.88. The topological polar surface area (TPSA) is 43.4 Å². The molecule has 0 radical (unpaired) electrons. The predicted octanol–water partition coefficient (Wildman–Crippen LogP) is 1.23. The van der Waals surface area contributed by atoms with Crippen molar-refractivity contribution in [3.8, 4) is 0 Å². The lowest BCUT2D eigenvalue weighted by atomic mass is 10.2. The van der Waals surface area contributed by atoms with Crippen molar-refractivity contribution in [2.24, 2.45) is 0 Å². The molecule has 0 amide bonds. The fourth-order valence-corrected chi connectivity index (χ4v) is 0.749. The third-order valence-corrected chi connectivity index (χ3v) is 3.29. The Morgan fingerprint density at radius 2 is 2.09 bits per heavy atom. The molecular weight excluding hydrogens is 188 g/mol. The minimum Gasteiger partial charge on any atom is -0.465 e. The van der Waals surface area contributed by atoms with Crippen LogP contribution in [0.25, 0.3) is 0 Å². The molecule has 0 fully saturated rings. The first-order valence-electron chi connectivity index (χ1n) is 3.18. The van der Waals surface area contributed by atoms with Gasteiger partial charge in [0, 0.05) is 0 Å². The molecule has 0 rings (SSSR count). The summed E-state index contributed by atoms with van der Waals surface area (Å²) >= 11 is 0. The number of halogens is 1. The summed E-state index contributed by atoms with van der Waals surface area (Å²) in [5.74, 6) is -0.534. The van der Waals surface area contributed by atoms with E-state index in [1.54, 1.807) is 6.92 Å². The highest BCUT2D eigenvalue weighted by Gasteiger charge is 2.35. The van der Waals surface area contributed by atoms with Crippen LogP contribution in [0.2, 0.25) is 0 Å². The van der Waals surface area contributed by atoms with Crippen LogP contribution in [0.15, 0.2) is 0 Å². The highest BCUT2D eigenvalue weighted by molar-refractivity contribution is 8.09. The van der Waals surface area contributed by atoms with Crippen LogP contribution in [-0.4, -0.2) is 21.5 Å². The maximum atomic E-state index is 11.0. The minimum atomic E-state index is -1.71. The zero-order chi connectivity index (χ0) is 9.07. The van der Waals surface area contributed by atoms with Crippen LogP contribution >= 0.6 is 10.7 Å². The Kier molecular flexibility index (Phi) is 4.03. The van der Waals surface area contributed by atoms with Crippen LogP contribution in [-0.2, 0) is 19.5 Å². The van der Waals surface area contributed by atoms with Gasteiger partial charge in [0.05, 0.1) is 6.61 Å². The van der Waals surface area contributed by atoms with Gasteiger partial charge in [-0.25, -0.2) is 4.21 Å². The van der Waals surface area contributed by atoms with Crippen molar-refractivity contribution >= 4 is 26.7 Å². The van der Waals surface area contributed by atoms with Crippen molar-refractivity contribution < 1.29 is 13.7 Å². The Morgan fingerprint density at radius 1 is 1.64 bits per heavy atom. The molecule has 5 heteroatoms. The molecule has 0 saturated heterocycles. The Labute approximate surface area is 73.0 Å². The first-order chi connectivity index (χ1) is 4.92. The van der Waals surface area contributed by atoms with Crippen molar-refractivity contribution in [3.63, 3.8) is 0 Å². The summed E-state index contributed by atoms with van der Waals surface area (Å²) in [4.78, 5) is 11.0. The Bertz CT molecular complexity index is 179. The second-order valence-electron chi connectivity index (χ2n) is 2.45. The monoisotopic (exact) mass is 198 g/mol. The van der Waals surface area contributed by atoms with Crippen molar-refractivity contribution in [3.05, 3.63) is 0 Å². The van der Waals surface area contributed by atoms with E-state index in [9.17, 15) is 9.00 Å². The van der Waals surface area contributed by atoms with E-state index in [1.807, 2.05) is 0 Å². The van der Waals surface area contributed by atoms with Gasteiger partial charge in [-0.2, -0.15) is 0 Å². The van der Waals surface area contributed by atoms with Gasteiger partial charge in [0.2, 0.25) is 0 Å². The first-order valence-corrected chi connectivity index (χ1v) is 5.16. The Hall–Kier alpha value is -0.0900. The van der Waals surface area contributed by atoms with Crippen LogP contribution in [0.5, 0.6) is 0 Å². The zero-order valence-corrected chi connectivity index (χ0v) is 8.29. The lowest BCUT2D eigenvalue weighted by Gasteiger charge is -2.16. The molecule has 0 heterocycles. The van der Waals surface area contributed by atoms with E-state index >= 15 is 0 Å². The van der Waals surface area contributed by atoms with Gasteiger partial charge in [-0.3, -0.25) is 4.79 Å². The van der Waals surface area contributed by atoms with Crippen molar-refractivity contribution in [2.75, 3.05) is 6.61 Å². The fourth-order valence-electron chi connectivity index (χ4n) is 0.370. The van der Waals surface area contributed by atoms with Crippen molar-refractivity contribution in [1.29, 1.82) is 0 Å². The van der Waals surface area contributed by atoms with E-state index in [4.69, 9.17) is 10.7 Å². The Morgan fingerprint density at radius 3 is 2.36 bits per heavy atom. The second-order valence-corrected chi connectivity index (χ2v) is 4.76. The third kappa shape index (κ3) is 2.79. The first kappa shape index (κ1) is 10.9. The summed E-state index contributed by atoms with van der Waals surface area (Å²) in [6.45, 7) is 4.92. The molecule has 0 aliphatic heterocycles. The SMILES string of the molecule is CCOC(=O)C(C)(C)S(=O)Cl. The van der Waals surface area contributed by atoms with E-state index in [2.05, 4.69) is 4.74 Å². The van der Waals surface area contributed by atoms with Gasteiger partial charge in [0.15, 0.2) is 4.75 Å². The summed E-state index contributed by atoms with van der Waals surface area (Å²) in [5, 5.41) is 0. The van der Waals surface area contributed by atoms with E-state index in [-0.39, 0.29) is 6.61 Å². The van der Waals surface area contributed by atoms with E-state index < -0.39 is 20.7 Å². The van der Waals surface area contributed by atoms with Gasteiger partial charge >= 0.3 is 5.97 Å². The normalized spacial score (nSPS) is 14.2. The van der Waals surface area contributed by atoms with Gasteiger partial charge in [-0.15, -0.1) is 0 Å². The molecule has 11 heavy (non-hydrogen) atoms. The molecule has 0 saturated carbocycles. The highest BCUT2D eigenvalue weighted by Crippen LogP contribution is 2.17. The summed E-state index contributed by atoms with van der Waals surface area (Å²) < 4.78 is 14.3. The highest BCUT2D eigenvalue weighted by atomic mass is 35.7. The van der Waals surface area contributed by atoms with Gasteiger partial charge in [0.1, 0.15) is 10.0 Å². The molecule has 3 nitrogen and oxygen atoms in total. The third-order valence-electron chi connectivity index (χ3n) is 1.17. The summed E-state index contributed by atoms with van der Waals surface area (Å²) in [7, 11) is 3.56. The number of rotatable bonds is 3. The maximum absolute atomic E-state index is 11.0. The van der Waals surface area contributed by atoms with Gasteiger partial charge in [-0.1, -0.05) is 0 Å². The lowest BCUT2D eigenvalue weighted by Crippen LogP contribution is -2.35. The number of esters is 1.